The molecule has 0 aromatic heterocycles. The molecule has 5 heteroatoms. The van der Waals surface area contributed by atoms with Crippen LogP contribution in [0.15, 0.2) is 18.2 Å². The Labute approximate surface area is 119 Å². The molecule has 0 atom stereocenters. The molecule has 0 heterocycles. The van der Waals surface area contributed by atoms with E-state index < -0.39 is 11.7 Å². The normalized spacial score (nSPS) is 14.8. The molecule has 0 radical (unpaired) electrons. The Bertz CT molecular complexity index is 490. The Morgan fingerprint density at radius 2 is 2.10 bits per heavy atom. The van der Waals surface area contributed by atoms with E-state index in [1.165, 1.54) is 12.8 Å². The third-order valence-electron chi connectivity index (χ3n) is 2.83. The first kappa shape index (κ1) is 14.5. The number of nitrogen functional groups attached to an aromatic ring is 1. The van der Waals surface area contributed by atoms with Gasteiger partial charge in [0.2, 0.25) is 0 Å². The Morgan fingerprint density at radius 1 is 1.40 bits per heavy atom. The maximum absolute atomic E-state index is 11.7. The lowest BCUT2D eigenvalue weighted by Crippen LogP contribution is -2.27. The van der Waals surface area contributed by atoms with E-state index in [-0.39, 0.29) is 0 Å². The third kappa shape index (κ3) is 4.64. The molecule has 1 saturated carbocycles. The second-order valence-corrected chi connectivity index (χ2v) is 6.13. The van der Waals surface area contributed by atoms with Crippen molar-refractivity contribution in [2.75, 3.05) is 17.7 Å². The van der Waals surface area contributed by atoms with Crippen molar-refractivity contribution in [3.05, 3.63) is 18.2 Å². The van der Waals surface area contributed by atoms with Crippen molar-refractivity contribution in [1.29, 1.82) is 0 Å². The molecule has 1 aromatic rings. The number of benzene rings is 1. The molecule has 0 unspecified atom stereocenters. The standard InChI is InChI=1S/C15H22N2O3/c1-15(2,3)20-14(18)17-11-6-7-12(16)13(8-11)19-9-10-4-5-10/h6-8,10H,4-5,9,16H2,1-3H3,(H,17,18). The largest absolute Gasteiger partial charge is 0.491 e. The first-order valence-electron chi connectivity index (χ1n) is 6.86. The minimum Gasteiger partial charge on any atom is -0.491 e. The SMILES string of the molecule is CC(C)(C)OC(=O)Nc1ccc(N)c(OCC2CC2)c1. The van der Waals surface area contributed by atoms with Crippen LogP contribution in [0.4, 0.5) is 16.2 Å². The first-order chi connectivity index (χ1) is 9.33. The van der Waals surface area contributed by atoms with Crippen molar-refractivity contribution in [2.24, 2.45) is 5.92 Å². The number of carbonyl (C=O) groups excluding carboxylic acids is 1. The fourth-order valence-corrected chi connectivity index (χ4v) is 1.65. The van der Waals surface area contributed by atoms with E-state index in [2.05, 4.69) is 5.32 Å². The predicted octanol–water partition coefficient (Wildman–Crippen LogP) is 3.40. The van der Waals surface area contributed by atoms with Gasteiger partial charge in [0, 0.05) is 11.8 Å². The molecule has 0 aliphatic heterocycles. The average Bonchev–Trinajstić information content (AvgIpc) is 3.11. The summed E-state index contributed by atoms with van der Waals surface area (Å²) < 4.78 is 10.9. The van der Waals surface area contributed by atoms with E-state index in [1.54, 1.807) is 18.2 Å². The van der Waals surface area contributed by atoms with Gasteiger partial charge in [-0.1, -0.05) is 0 Å². The summed E-state index contributed by atoms with van der Waals surface area (Å²) in [4.78, 5) is 11.7. The van der Waals surface area contributed by atoms with E-state index in [0.29, 0.717) is 29.6 Å². The molecule has 1 aliphatic rings. The summed E-state index contributed by atoms with van der Waals surface area (Å²) in [5, 5.41) is 2.67. The zero-order chi connectivity index (χ0) is 14.8. The summed E-state index contributed by atoms with van der Waals surface area (Å²) in [5.74, 6) is 1.25. The lowest BCUT2D eigenvalue weighted by atomic mass is 10.2. The van der Waals surface area contributed by atoms with Crippen LogP contribution >= 0.6 is 0 Å². The number of anilines is 2. The lowest BCUT2D eigenvalue weighted by Gasteiger charge is -2.20. The number of amides is 1. The van der Waals surface area contributed by atoms with Crippen molar-refractivity contribution in [2.45, 2.75) is 39.2 Å². The molecule has 5 nitrogen and oxygen atoms in total. The highest BCUT2D eigenvalue weighted by molar-refractivity contribution is 5.85. The van der Waals surface area contributed by atoms with Crippen LogP contribution in [-0.4, -0.2) is 18.3 Å². The number of nitrogens with two attached hydrogens (primary N) is 1. The molecular weight excluding hydrogens is 256 g/mol. The monoisotopic (exact) mass is 278 g/mol. The average molecular weight is 278 g/mol. The molecule has 1 aliphatic carbocycles. The molecular formula is C15H22N2O3. The molecule has 1 amide bonds. The fraction of sp³-hybridized carbons (Fsp3) is 0.533. The topological polar surface area (TPSA) is 73.6 Å². The maximum Gasteiger partial charge on any atom is 0.412 e. The van der Waals surface area contributed by atoms with Crippen molar-refractivity contribution in [3.8, 4) is 5.75 Å². The maximum atomic E-state index is 11.7. The van der Waals surface area contributed by atoms with E-state index >= 15 is 0 Å². The minimum absolute atomic E-state index is 0.490. The number of carbonyl (C=O) groups is 1. The number of rotatable bonds is 4. The second kappa shape index (κ2) is 5.61. The molecule has 0 saturated heterocycles. The second-order valence-electron chi connectivity index (χ2n) is 6.13. The van der Waals surface area contributed by atoms with Gasteiger partial charge in [-0.2, -0.15) is 0 Å². The zero-order valence-electron chi connectivity index (χ0n) is 12.2. The van der Waals surface area contributed by atoms with Crippen molar-refractivity contribution < 1.29 is 14.3 Å². The first-order valence-corrected chi connectivity index (χ1v) is 6.86. The van der Waals surface area contributed by atoms with Crippen LogP contribution < -0.4 is 15.8 Å². The van der Waals surface area contributed by atoms with Gasteiger partial charge in [0.15, 0.2) is 0 Å². The predicted molar refractivity (Wildman–Crippen MR) is 78.9 cm³/mol. The van der Waals surface area contributed by atoms with E-state index in [9.17, 15) is 4.79 Å². The minimum atomic E-state index is -0.525. The van der Waals surface area contributed by atoms with Gasteiger partial charge in [-0.25, -0.2) is 4.79 Å². The molecule has 110 valence electrons. The molecule has 1 fully saturated rings. The third-order valence-corrected chi connectivity index (χ3v) is 2.83. The summed E-state index contributed by atoms with van der Waals surface area (Å²) >= 11 is 0. The van der Waals surface area contributed by atoms with Crippen molar-refractivity contribution in [3.63, 3.8) is 0 Å². The van der Waals surface area contributed by atoms with Crippen LogP contribution in [-0.2, 0) is 4.74 Å². The van der Waals surface area contributed by atoms with Crippen molar-refractivity contribution in [1.82, 2.24) is 0 Å². The van der Waals surface area contributed by atoms with Crippen LogP contribution in [0.25, 0.3) is 0 Å². The molecule has 20 heavy (non-hydrogen) atoms. The van der Waals surface area contributed by atoms with Crippen LogP contribution in [0, 0.1) is 5.92 Å². The lowest BCUT2D eigenvalue weighted by molar-refractivity contribution is 0.0636. The van der Waals surface area contributed by atoms with Gasteiger partial charge in [-0.15, -0.1) is 0 Å². The highest BCUT2D eigenvalue weighted by Gasteiger charge is 2.22. The highest BCUT2D eigenvalue weighted by Crippen LogP contribution is 2.32. The van der Waals surface area contributed by atoms with E-state index in [4.69, 9.17) is 15.2 Å². The Morgan fingerprint density at radius 3 is 2.70 bits per heavy atom. The summed E-state index contributed by atoms with van der Waals surface area (Å²) in [6.45, 7) is 6.14. The summed E-state index contributed by atoms with van der Waals surface area (Å²) in [5.41, 5.74) is 6.52. The Balaban J connectivity index is 1.96. The van der Waals surface area contributed by atoms with Gasteiger partial charge in [-0.3, -0.25) is 5.32 Å². The van der Waals surface area contributed by atoms with Crippen LogP contribution in [0.1, 0.15) is 33.6 Å². The van der Waals surface area contributed by atoms with E-state index in [1.807, 2.05) is 20.8 Å². The number of hydrogen-bond donors (Lipinski definition) is 2. The molecule has 0 spiro atoms. The summed E-state index contributed by atoms with van der Waals surface area (Å²) in [6, 6.07) is 5.17. The summed E-state index contributed by atoms with van der Waals surface area (Å²) in [7, 11) is 0. The fourth-order valence-electron chi connectivity index (χ4n) is 1.65. The molecule has 1 aromatic carbocycles. The highest BCUT2D eigenvalue weighted by atomic mass is 16.6. The van der Waals surface area contributed by atoms with Gasteiger partial charge in [0.1, 0.15) is 11.4 Å². The van der Waals surface area contributed by atoms with E-state index in [0.717, 1.165) is 0 Å². The van der Waals surface area contributed by atoms with Crippen LogP contribution in [0.2, 0.25) is 0 Å². The van der Waals surface area contributed by atoms with Gasteiger partial charge < -0.3 is 15.2 Å². The Kier molecular flexibility index (Phi) is 4.06. The van der Waals surface area contributed by atoms with Crippen LogP contribution in [0.5, 0.6) is 5.75 Å². The number of nitrogens with one attached hydrogen (secondary N) is 1. The van der Waals surface area contributed by atoms with Crippen molar-refractivity contribution >= 4 is 17.5 Å². The van der Waals surface area contributed by atoms with Gasteiger partial charge in [0.25, 0.3) is 0 Å². The van der Waals surface area contributed by atoms with Gasteiger partial charge in [0.05, 0.1) is 12.3 Å². The number of ether oxygens (including phenoxy) is 2. The molecule has 3 N–H and O–H groups in total. The summed E-state index contributed by atoms with van der Waals surface area (Å²) in [6.07, 6.45) is 1.95. The Hall–Kier alpha value is -1.91. The molecule has 0 bridgehead atoms. The smallest absolute Gasteiger partial charge is 0.412 e. The quantitative estimate of drug-likeness (QED) is 0.828. The van der Waals surface area contributed by atoms with Crippen LogP contribution in [0.3, 0.4) is 0 Å². The molecule has 2 rings (SSSR count). The number of hydrogen-bond acceptors (Lipinski definition) is 4. The van der Waals surface area contributed by atoms with Gasteiger partial charge in [-0.05, 0) is 51.7 Å². The van der Waals surface area contributed by atoms with Gasteiger partial charge >= 0.3 is 6.09 Å². The zero-order valence-corrected chi connectivity index (χ0v) is 12.2.